The SMILES string of the molecule is COCCCOc1cccc(NC(=O)CC2(C(=O)O)CCC2)c1. The summed E-state index contributed by atoms with van der Waals surface area (Å²) in [5.74, 6) is -0.492. The highest BCUT2D eigenvalue weighted by Crippen LogP contribution is 2.44. The Hall–Kier alpha value is -2.08. The van der Waals surface area contributed by atoms with Crippen LogP contribution in [-0.2, 0) is 14.3 Å². The van der Waals surface area contributed by atoms with Crippen LogP contribution in [0.1, 0.15) is 32.1 Å². The van der Waals surface area contributed by atoms with Gasteiger partial charge in [0.15, 0.2) is 0 Å². The molecule has 0 unspecified atom stereocenters. The maximum absolute atomic E-state index is 12.1. The molecule has 2 rings (SSSR count). The van der Waals surface area contributed by atoms with Gasteiger partial charge in [-0.15, -0.1) is 0 Å². The number of carboxylic acid groups (broad SMARTS) is 1. The van der Waals surface area contributed by atoms with Crippen molar-refractivity contribution in [2.75, 3.05) is 25.6 Å². The first-order chi connectivity index (χ1) is 11.1. The van der Waals surface area contributed by atoms with Gasteiger partial charge in [-0.05, 0) is 25.0 Å². The van der Waals surface area contributed by atoms with Gasteiger partial charge in [-0.3, -0.25) is 9.59 Å². The number of aliphatic carboxylic acids is 1. The van der Waals surface area contributed by atoms with Crippen LogP contribution in [0.4, 0.5) is 5.69 Å². The molecule has 6 nitrogen and oxygen atoms in total. The fourth-order valence-corrected chi connectivity index (χ4v) is 2.64. The highest BCUT2D eigenvalue weighted by Gasteiger charge is 2.45. The molecule has 1 aromatic rings. The molecule has 1 aliphatic rings. The summed E-state index contributed by atoms with van der Waals surface area (Å²) in [5, 5.41) is 12.0. The van der Waals surface area contributed by atoms with Crippen LogP contribution >= 0.6 is 0 Å². The zero-order valence-electron chi connectivity index (χ0n) is 13.3. The van der Waals surface area contributed by atoms with Crippen molar-refractivity contribution in [3.05, 3.63) is 24.3 Å². The van der Waals surface area contributed by atoms with Gasteiger partial charge >= 0.3 is 5.97 Å². The summed E-state index contributed by atoms with van der Waals surface area (Å²) >= 11 is 0. The molecule has 1 aliphatic carbocycles. The molecule has 0 radical (unpaired) electrons. The number of carbonyl (C=O) groups is 2. The van der Waals surface area contributed by atoms with E-state index in [4.69, 9.17) is 9.47 Å². The fourth-order valence-electron chi connectivity index (χ4n) is 2.64. The summed E-state index contributed by atoms with van der Waals surface area (Å²) in [6, 6.07) is 7.09. The van der Waals surface area contributed by atoms with Crippen LogP contribution in [0.15, 0.2) is 24.3 Å². The summed E-state index contributed by atoms with van der Waals surface area (Å²) in [7, 11) is 1.64. The van der Waals surface area contributed by atoms with E-state index >= 15 is 0 Å². The molecule has 0 saturated heterocycles. The number of rotatable bonds is 9. The zero-order chi connectivity index (χ0) is 16.7. The molecule has 6 heteroatoms. The Kier molecular flexibility index (Phi) is 5.98. The molecule has 2 N–H and O–H groups in total. The van der Waals surface area contributed by atoms with Gasteiger partial charge < -0.3 is 19.9 Å². The second-order valence-corrected chi connectivity index (χ2v) is 5.89. The van der Waals surface area contributed by atoms with Crippen molar-refractivity contribution in [1.82, 2.24) is 0 Å². The molecule has 0 aromatic heterocycles. The molecule has 0 atom stereocenters. The van der Waals surface area contributed by atoms with E-state index in [-0.39, 0.29) is 12.3 Å². The predicted molar refractivity (Wildman–Crippen MR) is 85.6 cm³/mol. The summed E-state index contributed by atoms with van der Waals surface area (Å²) in [5.41, 5.74) is -0.266. The van der Waals surface area contributed by atoms with E-state index in [0.717, 1.165) is 12.8 Å². The average Bonchev–Trinajstić information content (AvgIpc) is 2.47. The quantitative estimate of drug-likeness (QED) is 0.683. The molecular formula is C17H23NO5. The van der Waals surface area contributed by atoms with Gasteiger partial charge in [0.1, 0.15) is 5.75 Å². The summed E-state index contributed by atoms with van der Waals surface area (Å²) < 4.78 is 10.5. The van der Waals surface area contributed by atoms with Crippen LogP contribution in [0.2, 0.25) is 0 Å². The minimum Gasteiger partial charge on any atom is -0.493 e. The molecule has 0 aliphatic heterocycles. The number of anilines is 1. The number of carbonyl (C=O) groups excluding carboxylic acids is 1. The number of hydrogen-bond donors (Lipinski definition) is 2. The molecule has 0 heterocycles. The third kappa shape index (κ3) is 4.69. The Morgan fingerprint density at radius 2 is 2.09 bits per heavy atom. The number of amides is 1. The number of methoxy groups -OCH3 is 1. The van der Waals surface area contributed by atoms with E-state index in [1.54, 1.807) is 25.3 Å². The molecule has 1 saturated carbocycles. The zero-order valence-corrected chi connectivity index (χ0v) is 13.3. The Bertz CT molecular complexity index is 554. The number of ether oxygens (including phenoxy) is 2. The van der Waals surface area contributed by atoms with Crippen molar-refractivity contribution in [2.45, 2.75) is 32.1 Å². The van der Waals surface area contributed by atoms with E-state index in [0.29, 0.717) is 37.5 Å². The molecular weight excluding hydrogens is 298 g/mol. The monoisotopic (exact) mass is 321 g/mol. The van der Waals surface area contributed by atoms with Crippen molar-refractivity contribution in [3.8, 4) is 5.75 Å². The number of nitrogens with one attached hydrogen (secondary N) is 1. The van der Waals surface area contributed by atoms with E-state index in [9.17, 15) is 14.7 Å². The normalized spacial score (nSPS) is 15.5. The van der Waals surface area contributed by atoms with Crippen molar-refractivity contribution >= 4 is 17.6 Å². The Labute approximate surface area is 135 Å². The lowest BCUT2D eigenvalue weighted by atomic mass is 9.66. The minimum atomic E-state index is -0.880. The van der Waals surface area contributed by atoms with E-state index in [1.165, 1.54) is 0 Å². The van der Waals surface area contributed by atoms with Crippen LogP contribution in [0, 0.1) is 5.41 Å². The third-order valence-electron chi connectivity index (χ3n) is 4.14. The largest absolute Gasteiger partial charge is 0.493 e. The first-order valence-corrected chi connectivity index (χ1v) is 7.81. The number of carboxylic acids is 1. The summed E-state index contributed by atoms with van der Waals surface area (Å²) in [6.07, 6.45) is 2.80. The van der Waals surface area contributed by atoms with Crippen LogP contribution in [-0.4, -0.2) is 37.3 Å². The Balaban J connectivity index is 1.87. The standard InChI is InChI=1S/C17H23NO5/c1-22-9-4-10-23-14-6-2-5-13(11-14)18-15(19)12-17(16(20)21)7-3-8-17/h2,5-6,11H,3-4,7-10,12H2,1H3,(H,18,19)(H,20,21). The van der Waals surface area contributed by atoms with Crippen LogP contribution in [0.5, 0.6) is 5.75 Å². The maximum Gasteiger partial charge on any atom is 0.310 e. The smallest absolute Gasteiger partial charge is 0.310 e. The molecule has 1 amide bonds. The molecule has 126 valence electrons. The van der Waals surface area contributed by atoms with E-state index < -0.39 is 11.4 Å². The number of benzene rings is 1. The van der Waals surface area contributed by atoms with Gasteiger partial charge in [0, 0.05) is 38.3 Å². The molecule has 1 fully saturated rings. The first-order valence-electron chi connectivity index (χ1n) is 7.81. The molecule has 0 bridgehead atoms. The highest BCUT2D eigenvalue weighted by molar-refractivity contribution is 5.94. The van der Waals surface area contributed by atoms with Crippen molar-refractivity contribution < 1.29 is 24.2 Å². The predicted octanol–water partition coefficient (Wildman–Crippen LogP) is 2.69. The summed E-state index contributed by atoms with van der Waals surface area (Å²) in [6.45, 7) is 1.17. The van der Waals surface area contributed by atoms with Gasteiger partial charge in [0.25, 0.3) is 0 Å². The van der Waals surface area contributed by atoms with Gasteiger partial charge in [0.05, 0.1) is 12.0 Å². The second-order valence-electron chi connectivity index (χ2n) is 5.89. The third-order valence-corrected chi connectivity index (χ3v) is 4.14. The maximum atomic E-state index is 12.1. The lowest BCUT2D eigenvalue weighted by Crippen LogP contribution is -2.41. The van der Waals surface area contributed by atoms with E-state index in [2.05, 4.69) is 5.32 Å². The lowest BCUT2D eigenvalue weighted by molar-refractivity contribution is -0.157. The van der Waals surface area contributed by atoms with Crippen molar-refractivity contribution in [2.24, 2.45) is 5.41 Å². The Morgan fingerprint density at radius 3 is 2.70 bits per heavy atom. The van der Waals surface area contributed by atoms with Crippen LogP contribution < -0.4 is 10.1 Å². The Morgan fingerprint density at radius 1 is 1.30 bits per heavy atom. The number of hydrogen-bond acceptors (Lipinski definition) is 4. The van der Waals surface area contributed by atoms with Gasteiger partial charge in [-0.1, -0.05) is 12.5 Å². The van der Waals surface area contributed by atoms with Gasteiger partial charge in [0.2, 0.25) is 5.91 Å². The highest BCUT2D eigenvalue weighted by atomic mass is 16.5. The summed E-state index contributed by atoms with van der Waals surface area (Å²) in [4.78, 5) is 23.4. The average molecular weight is 321 g/mol. The lowest BCUT2D eigenvalue weighted by Gasteiger charge is -2.36. The molecule has 0 spiro atoms. The molecule has 23 heavy (non-hydrogen) atoms. The minimum absolute atomic E-state index is 0.0151. The fraction of sp³-hybridized carbons (Fsp3) is 0.529. The van der Waals surface area contributed by atoms with Crippen molar-refractivity contribution in [1.29, 1.82) is 0 Å². The first kappa shape index (κ1) is 17.3. The second kappa shape index (κ2) is 7.97. The van der Waals surface area contributed by atoms with Crippen LogP contribution in [0.3, 0.4) is 0 Å². The van der Waals surface area contributed by atoms with Crippen molar-refractivity contribution in [3.63, 3.8) is 0 Å². The van der Waals surface area contributed by atoms with Crippen LogP contribution in [0.25, 0.3) is 0 Å². The van der Waals surface area contributed by atoms with Gasteiger partial charge in [-0.25, -0.2) is 0 Å². The van der Waals surface area contributed by atoms with E-state index in [1.807, 2.05) is 6.07 Å². The molecule has 1 aromatic carbocycles. The topological polar surface area (TPSA) is 84.9 Å². The van der Waals surface area contributed by atoms with Gasteiger partial charge in [-0.2, -0.15) is 0 Å².